The van der Waals surface area contributed by atoms with Gasteiger partial charge in [0.1, 0.15) is 11.7 Å². The van der Waals surface area contributed by atoms with E-state index in [0.29, 0.717) is 18.8 Å². The molecule has 7 heteroatoms. The van der Waals surface area contributed by atoms with Crippen molar-refractivity contribution in [2.45, 2.75) is 103 Å². The normalized spacial score (nSPS) is 21.4. The number of hydrogen-bond acceptors (Lipinski definition) is 6. The second-order valence-electron chi connectivity index (χ2n) is 11.9. The van der Waals surface area contributed by atoms with Gasteiger partial charge in [-0.3, -0.25) is 4.79 Å². The summed E-state index contributed by atoms with van der Waals surface area (Å²) < 4.78 is 11.7. The Hall–Kier alpha value is -1.96. The summed E-state index contributed by atoms with van der Waals surface area (Å²) in [7, 11) is 1.53. The number of carbonyl (C=O) groups is 1. The van der Waals surface area contributed by atoms with E-state index in [1.165, 1.54) is 12.7 Å². The number of aliphatic hydroxyl groups excluding tert-OH is 1. The molecule has 1 fully saturated rings. The van der Waals surface area contributed by atoms with Gasteiger partial charge >= 0.3 is 0 Å². The van der Waals surface area contributed by atoms with Crippen molar-refractivity contribution in [3.05, 3.63) is 36.0 Å². The molecular formula is C28H45N3O4. The summed E-state index contributed by atoms with van der Waals surface area (Å²) in [6.45, 7) is 14.7. The molecule has 0 saturated heterocycles. The first-order chi connectivity index (χ1) is 16.5. The molecule has 2 heterocycles. The Morgan fingerprint density at radius 3 is 2.66 bits per heavy atom. The number of methoxy groups -OCH3 is 1. The Morgan fingerprint density at radius 2 is 2.11 bits per heavy atom. The first-order valence-electron chi connectivity index (χ1n) is 13.0. The standard InChI is InChI=1S/C28H45N3O4/c1-8-10-21(31-25(33)24(34-7)18(2)3)23(32)17-29-22-15-28(11-9-12-28)35-26-20(22)13-19(16-30-26)14-27(4,5)6/h8,13,16,18,21-24,29,32H,1,9-12,14-15,17H2,2-7H3,(H,31,33)/t21-,22-,23+,24+/m0/s1. The largest absolute Gasteiger partial charge is 0.471 e. The summed E-state index contributed by atoms with van der Waals surface area (Å²) in [5.41, 5.74) is 2.24. The van der Waals surface area contributed by atoms with Crippen molar-refractivity contribution in [1.29, 1.82) is 0 Å². The van der Waals surface area contributed by atoms with Crippen molar-refractivity contribution in [2.24, 2.45) is 11.3 Å². The van der Waals surface area contributed by atoms with Crippen LogP contribution < -0.4 is 15.4 Å². The molecule has 1 amide bonds. The number of hydrogen-bond donors (Lipinski definition) is 3. The fourth-order valence-electron chi connectivity index (χ4n) is 5.19. The number of fused-ring (bicyclic) bond motifs is 1. The summed E-state index contributed by atoms with van der Waals surface area (Å²) in [5, 5.41) is 17.6. The van der Waals surface area contributed by atoms with E-state index in [9.17, 15) is 9.90 Å². The lowest BCUT2D eigenvalue weighted by Gasteiger charge is -2.47. The van der Waals surface area contributed by atoms with Gasteiger partial charge in [0, 0.05) is 37.9 Å². The average molecular weight is 488 g/mol. The summed E-state index contributed by atoms with van der Waals surface area (Å²) in [6, 6.07) is 1.78. The zero-order chi connectivity index (χ0) is 25.8. The number of rotatable bonds is 11. The smallest absolute Gasteiger partial charge is 0.249 e. The summed E-state index contributed by atoms with van der Waals surface area (Å²) in [6.07, 6.45) is 7.79. The number of nitrogens with zero attached hydrogens (tertiary/aromatic N) is 1. The molecule has 0 radical (unpaired) electrons. The Kier molecular flexibility index (Phi) is 9.00. The molecule has 4 atom stereocenters. The van der Waals surface area contributed by atoms with Crippen molar-refractivity contribution in [2.75, 3.05) is 13.7 Å². The number of ether oxygens (including phenoxy) is 2. The monoisotopic (exact) mass is 487 g/mol. The van der Waals surface area contributed by atoms with E-state index >= 15 is 0 Å². The lowest BCUT2D eigenvalue weighted by Crippen LogP contribution is -2.53. The fourth-order valence-corrected chi connectivity index (χ4v) is 5.19. The number of amides is 1. The van der Waals surface area contributed by atoms with Crippen LogP contribution in [-0.2, 0) is 16.0 Å². The minimum atomic E-state index is -0.782. The molecule has 1 spiro atoms. The average Bonchev–Trinajstić information content (AvgIpc) is 2.75. The van der Waals surface area contributed by atoms with Gasteiger partial charge in [-0.1, -0.05) is 40.7 Å². The number of carbonyl (C=O) groups excluding carboxylic acids is 1. The number of aliphatic hydroxyl groups is 1. The van der Waals surface area contributed by atoms with Gasteiger partial charge in [-0.25, -0.2) is 4.98 Å². The van der Waals surface area contributed by atoms with E-state index < -0.39 is 18.2 Å². The molecule has 0 unspecified atom stereocenters. The van der Waals surface area contributed by atoms with Gasteiger partial charge in [-0.15, -0.1) is 6.58 Å². The zero-order valence-corrected chi connectivity index (χ0v) is 22.4. The number of aromatic nitrogens is 1. The maximum absolute atomic E-state index is 12.7. The van der Waals surface area contributed by atoms with Crippen LogP contribution in [0.1, 0.15) is 83.9 Å². The second-order valence-corrected chi connectivity index (χ2v) is 11.9. The first-order valence-corrected chi connectivity index (χ1v) is 13.0. The molecule has 1 saturated carbocycles. The third-order valence-electron chi connectivity index (χ3n) is 7.10. The molecule has 1 aromatic rings. The molecule has 1 aliphatic heterocycles. The van der Waals surface area contributed by atoms with Crippen molar-refractivity contribution >= 4 is 5.91 Å². The molecule has 3 rings (SSSR count). The first kappa shape index (κ1) is 27.6. The summed E-state index contributed by atoms with van der Waals surface area (Å²) in [5.74, 6) is 0.525. The van der Waals surface area contributed by atoms with Crippen LogP contribution >= 0.6 is 0 Å². The topological polar surface area (TPSA) is 92.7 Å². The quantitative estimate of drug-likeness (QED) is 0.407. The lowest BCUT2D eigenvalue weighted by molar-refractivity contribution is -0.135. The predicted octanol–water partition coefficient (Wildman–Crippen LogP) is 4.10. The van der Waals surface area contributed by atoms with E-state index in [1.54, 1.807) is 6.08 Å². The van der Waals surface area contributed by atoms with Gasteiger partial charge in [0.15, 0.2) is 0 Å². The summed E-state index contributed by atoms with van der Waals surface area (Å²) >= 11 is 0. The second kappa shape index (κ2) is 11.4. The van der Waals surface area contributed by atoms with Gasteiger partial charge < -0.3 is 25.2 Å². The van der Waals surface area contributed by atoms with Crippen LogP contribution in [0.5, 0.6) is 5.88 Å². The fraction of sp³-hybridized carbons (Fsp3) is 0.714. The number of pyridine rings is 1. The van der Waals surface area contributed by atoms with E-state index in [4.69, 9.17) is 14.5 Å². The zero-order valence-electron chi connectivity index (χ0n) is 22.4. The van der Waals surface area contributed by atoms with E-state index in [-0.39, 0.29) is 28.9 Å². The van der Waals surface area contributed by atoms with E-state index in [1.807, 2.05) is 20.0 Å². The number of nitrogens with one attached hydrogen (secondary N) is 2. The SMILES string of the molecule is C=CC[C@H](NC(=O)[C@H](OC)C(C)C)[C@H](O)CN[C@H]1CC2(CCC2)Oc2ncc(CC(C)(C)C)cc21. The minimum absolute atomic E-state index is 0.0311. The Balaban J connectivity index is 1.73. The van der Waals surface area contributed by atoms with Crippen LogP contribution in [0.15, 0.2) is 24.9 Å². The van der Waals surface area contributed by atoms with Crippen LogP contribution in [-0.4, -0.2) is 53.5 Å². The highest BCUT2D eigenvalue weighted by Gasteiger charge is 2.46. The van der Waals surface area contributed by atoms with Gasteiger partial charge in [0.25, 0.3) is 0 Å². The molecule has 35 heavy (non-hydrogen) atoms. The van der Waals surface area contributed by atoms with Crippen molar-refractivity contribution < 1.29 is 19.4 Å². The van der Waals surface area contributed by atoms with Crippen molar-refractivity contribution in [1.82, 2.24) is 15.6 Å². The molecule has 7 nitrogen and oxygen atoms in total. The van der Waals surface area contributed by atoms with Crippen LogP contribution in [0, 0.1) is 11.3 Å². The van der Waals surface area contributed by atoms with Crippen LogP contribution in [0.25, 0.3) is 0 Å². The van der Waals surface area contributed by atoms with Crippen molar-refractivity contribution in [3.8, 4) is 5.88 Å². The minimum Gasteiger partial charge on any atom is -0.471 e. The maximum atomic E-state index is 12.7. The van der Waals surface area contributed by atoms with Crippen LogP contribution in [0.2, 0.25) is 0 Å². The Labute approximate surface area is 211 Å². The third-order valence-corrected chi connectivity index (χ3v) is 7.10. The Morgan fingerprint density at radius 1 is 1.40 bits per heavy atom. The van der Waals surface area contributed by atoms with Crippen LogP contribution in [0.4, 0.5) is 0 Å². The third kappa shape index (κ3) is 7.05. The maximum Gasteiger partial charge on any atom is 0.249 e. The van der Waals surface area contributed by atoms with E-state index in [2.05, 4.69) is 44.1 Å². The van der Waals surface area contributed by atoms with Gasteiger partial charge in [0.2, 0.25) is 11.8 Å². The molecule has 2 aliphatic rings. The molecule has 1 aliphatic carbocycles. The lowest BCUT2D eigenvalue weighted by atomic mass is 9.73. The van der Waals surface area contributed by atoms with Crippen molar-refractivity contribution in [3.63, 3.8) is 0 Å². The van der Waals surface area contributed by atoms with E-state index in [0.717, 1.165) is 37.7 Å². The predicted molar refractivity (Wildman–Crippen MR) is 138 cm³/mol. The van der Waals surface area contributed by atoms with Gasteiger partial charge in [-0.05, 0) is 55.1 Å². The highest BCUT2D eigenvalue weighted by atomic mass is 16.5. The highest BCUT2D eigenvalue weighted by Crippen LogP contribution is 2.48. The Bertz CT molecular complexity index is 875. The summed E-state index contributed by atoms with van der Waals surface area (Å²) in [4.78, 5) is 17.4. The molecule has 196 valence electrons. The van der Waals surface area contributed by atoms with Gasteiger partial charge in [0.05, 0.1) is 12.1 Å². The van der Waals surface area contributed by atoms with Gasteiger partial charge in [-0.2, -0.15) is 0 Å². The highest BCUT2D eigenvalue weighted by molar-refractivity contribution is 5.81. The molecular weight excluding hydrogens is 442 g/mol. The molecule has 1 aromatic heterocycles. The molecule has 0 bridgehead atoms. The molecule has 0 aromatic carbocycles. The molecule has 3 N–H and O–H groups in total. The van der Waals surface area contributed by atoms with Crippen LogP contribution in [0.3, 0.4) is 0 Å².